The first kappa shape index (κ1) is 18.7. The number of carbonyl (C=O) groups excluding carboxylic acids is 2. The van der Waals surface area contributed by atoms with Crippen molar-refractivity contribution < 1.29 is 24.5 Å². The van der Waals surface area contributed by atoms with Crippen LogP contribution in [0.2, 0.25) is 0 Å². The van der Waals surface area contributed by atoms with Gasteiger partial charge in [0.1, 0.15) is 17.1 Å². The largest absolute Gasteiger partial charge is 0.507 e. The topological polar surface area (TPSA) is 108 Å². The van der Waals surface area contributed by atoms with Crippen LogP contribution in [0, 0.1) is 0 Å². The minimum Gasteiger partial charge on any atom is -0.507 e. The number of nitrogens with zero attached hydrogens (tertiary/aromatic N) is 1. The van der Waals surface area contributed by atoms with Gasteiger partial charge in [0, 0.05) is 5.56 Å². The number of para-hydroxylation sites is 1. The van der Waals surface area contributed by atoms with E-state index >= 15 is 0 Å². The van der Waals surface area contributed by atoms with Gasteiger partial charge in [0.15, 0.2) is 0 Å². The number of ether oxygens (including phenoxy) is 1. The number of carbonyl (C=O) groups is 2. The van der Waals surface area contributed by atoms with Crippen LogP contribution in [-0.4, -0.2) is 34.9 Å². The molecule has 0 saturated carbocycles. The van der Waals surface area contributed by atoms with Gasteiger partial charge in [-0.15, -0.1) is 0 Å². The lowest BCUT2D eigenvalue weighted by Crippen LogP contribution is -2.19. The number of phenols is 1. The van der Waals surface area contributed by atoms with Crippen LogP contribution < -0.4 is 5.43 Å². The van der Waals surface area contributed by atoms with E-state index in [1.807, 2.05) is 0 Å². The summed E-state index contributed by atoms with van der Waals surface area (Å²) in [6.07, 6.45) is 0.998. The molecule has 134 valence electrons. The van der Waals surface area contributed by atoms with Crippen LogP contribution in [0.4, 0.5) is 0 Å². The van der Waals surface area contributed by atoms with Gasteiger partial charge in [0.05, 0.1) is 18.4 Å². The van der Waals surface area contributed by atoms with Crippen molar-refractivity contribution in [3.05, 3.63) is 71.3 Å². The molecule has 0 atom stereocenters. The molecule has 0 aliphatic rings. The summed E-state index contributed by atoms with van der Waals surface area (Å²) in [5.41, 5.74) is 2.40. The number of hydrazone groups is 1. The van der Waals surface area contributed by atoms with E-state index in [1.165, 1.54) is 12.1 Å². The molecule has 0 spiro atoms. The second-order valence-corrected chi connectivity index (χ2v) is 5.07. The highest BCUT2D eigenvalue weighted by molar-refractivity contribution is 6.15. The third-order valence-electron chi connectivity index (χ3n) is 3.31. The number of esters is 1. The second-order valence-electron chi connectivity index (χ2n) is 5.07. The van der Waals surface area contributed by atoms with Gasteiger partial charge in [0.2, 0.25) is 0 Å². The standard InChI is InChI=1S/C19H18N2O5/c1-2-26-19(25)15(17(23)13-8-4-3-5-9-13)12-20-21-18(24)14-10-6-7-11-16(14)22/h3-12,22-23H,2H2,1H3,(H,21,24). The number of aliphatic hydroxyl groups excluding tert-OH is 1. The van der Waals surface area contributed by atoms with E-state index in [4.69, 9.17) is 4.74 Å². The predicted octanol–water partition coefficient (Wildman–Crippen LogP) is 2.64. The van der Waals surface area contributed by atoms with Crippen LogP contribution in [0.15, 0.2) is 65.3 Å². The number of benzene rings is 2. The number of nitrogens with one attached hydrogen (secondary N) is 1. The lowest BCUT2D eigenvalue weighted by atomic mass is 10.1. The van der Waals surface area contributed by atoms with Gasteiger partial charge in [0.25, 0.3) is 5.91 Å². The molecule has 3 N–H and O–H groups in total. The van der Waals surface area contributed by atoms with Gasteiger partial charge in [-0.2, -0.15) is 5.10 Å². The lowest BCUT2D eigenvalue weighted by molar-refractivity contribution is -0.137. The third kappa shape index (κ3) is 4.70. The molecule has 0 bridgehead atoms. The Labute approximate surface area is 150 Å². The molecule has 2 rings (SSSR count). The maximum atomic E-state index is 12.1. The highest BCUT2D eigenvalue weighted by Crippen LogP contribution is 2.17. The van der Waals surface area contributed by atoms with Gasteiger partial charge in [-0.1, -0.05) is 42.5 Å². The first-order valence-corrected chi connectivity index (χ1v) is 7.81. The number of amides is 1. The Morgan fingerprint density at radius 2 is 1.77 bits per heavy atom. The summed E-state index contributed by atoms with van der Waals surface area (Å²) in [5, 5.41) is 23.7. The molecule has 0 unspecified atom stereocenters. The van der Waals surface area contributed by atoms with Crippen molar-refractivity contribution in [1.29, 1.82) is 0 Å². The maximum Gasteiger partial charge on any atom is 0.343 e. The molecule has 7 heteroatoms. The highest BCUT2D eigenvalue weighted by atomic mass is 16.5. The minimum atomic E-state index is -0.783. The minimum absolute atomic E-state index is 0.0265. The molecule has 1 amide bonds. The number of rotatable bonds is 6. The van der Waals surface area contributed by atoms with Crippen LogP contribution >= 0.6 is 0 Å². The van der Waals surface area contributed by atoms with Gasteiger partial charge in [-0.3, -0.25) is 4.79 Å². The molecule has 0 radical (unpaired) electrons. The van der Waals surface area contributed by atoms with Gasteiger partial charge in [-0.25, -0.2) is 10.2 Å². The van der Waals surface area contributed by atoms with Crippen molar-refractivity contribution in [2.75, 3.05) is 6.61 Å². The third-order valence-corrected chi connectivity index (χ3v) is 3.31. The molecule has 2 aromatic rings. The summed E-state index contributed by atoms with van der Waals surface area (Å²) >= 11 is 0. The Kier molecular flexibility index (Phi) is 6.50. The first-order chi connectivity index (χ1) is 12.5. The Morgan fingerprint density at radius 3 is 2.42 bits per heavy atom. The Morgan fingerprint density at radius 1 is 1.12 bits per heavy atom. The number of phenolic OH excluding ortho intramolecular Hbond substituents is 1. The summed E-state index contributed by atoms with van der Waals surface area (Å²) < 4.78 is 4.91. The van der Waals surface area contributed by atoms with E-state index < -0.39 is 11.9 Å². The average Bonchev–Trinajstić information content (AvgIpc) is 2.65. The Balaban J connectivity index is 2.24. The molecule has 0 aromatic heterocycles. The first-order valence-electron chi connectivity index (χ1n) is 7.81. The molecule has 2 aromatic carbocycles. The van der Waals surface area contributed by atoms with E-state index in [2.05, 4.69) is 10.5 Å². The molecule has 0 heterocycles. The van der Waals surface area contributed by atoms with Crippen molar-refractivity contribution in [2.45, 2.75) is 6.92 Å². The molecule has 7 nitrogen and oxygen atoms in total. The van der Waals surface area contributed by atoms with Gasteiger partial charge >= 0.3 is 5.97 Å². The summed E-state index contributed by atoms with van der Waals surface area (Å²) in [6.45, 7) is 1.74. The van der Waals surface area contributed by atoms with E-state index in [9.17, 15) is 19.8 Å². The fourth-order valence-electron chi connectivity index (χ4n) is 2.05. The molecule has 0 aliphatic carbocycles. The van der Waals surface area contributed by atoms with E-state index in [0.29, 0.717) is 5.56 Å². The number of hydrogen-bond donors (Lipinski definition) is 3. The summed E-state index contributed by atoms with van der Waals surface area (Å²) in [4.78, 5) is 24.1. The summed E-state index contributed by atoms with van der Waals surface area (Å²) in [5.74, 6) is -1.98. The fourth-order valence-corrected chi connectivity index (χ4v) is 2.05. The molecule has 26 heavy (non-hydrogen) atoms. The molecular weight excluding hydrogens is 336 g/mol. The molecule has 0 aliphatic heterocycles. The predicted molar refractivity (Wildman–Crippen MR) is 96.7 cm³/mol. The average molecular weight is 354 g/mol. The lowest BCUT2D eigenvalue weighted by Gasteiger charge is -2.07. The van der Waals surface area contributed by atoms with Crippen molar-refractivity contribution in [3.63, 3.8) is 0 Å². The number of aliphatic hydroxyl groups is 1. The fraction of sp³-hybridized carbons (Fsp3) is 0.105. The van der Waals surface area contributed by atoms with Crippen molar-refractivity contribution in [3.8, 4) is 5.75 Å². The zero-order chi connectivity index (χ0) is 18.9. The normalized spacial score (nSPS) is 11.7. The van der Waals surface area contributed by atoms with E-state index in [-0.39, 0.29) is 29.3 Å². The van der Waals surface area contributed by atoms with Crippen molar-refractivity contribution in [1.82, 2.24) is 5.43 Å². The molecule has 0 saturated heterocycles. The zero-order valence-corrected chi connectivity index (χ0v) is 14.0. The van der Waals surface area contributed by atoms with Crippen LogP contribution in [0.5, 0.6) is 5.75 Å². The van der Waals surface area contributed by atoms with E-state index in [1.54, 1.807) is 49.4 Å². The highest BCUT2D eigenvalue weighted by Gasteiger charge is 2.16. The van der Waals surface area contributed by atoms with Crippen LogP contribution in [0.3, 0.4) is 0 Å². The van der Waals surface area contributed by atoms with Gasteiger partial charge in [-0.05, 0) is 19.1 Å². The van der Waals surface area contributed by atoms with E-state index in [0.717, 1.165) is 6.21 Å². The van der Waals surface area contributed by atoms with Crippen LogP contribution in [0.1, 0.15) is 22.8 Å². The summed E-state index contributed by atoms with van der Waals surface area (Å²) in [6, 6.07) is 14.3. The van der Waals surface area contributed by atoms with Crippen LogP contribution in [-0.2, 0) is 9.53 Å². The van der Waals surface area contributed by atoms with Crippen LogP contribution in [0.25, 0.3) is 5.76 Å². The summed E-state index contributed by atoms with van der Waals surface area (Å²) in [7, 11) is 0. The number of aromatic hydroxyl groups is 1. The maximum absolute atomic E-state index is 12.1. The Hall–Kier alpha value is -3.61. The zero-order valence-electron chi connectivity index (χ0n) is 14.0. The number of hydrogen-bond acceptors (Lipinski definition) is 6. The molecular formula is C19H18N2O5. The smallest absolute Gasteiger partial charge is 0.343 e. The monoisotopic (exact) mass is 354 g/mol. The van der Waals surface area contributed by atoms with Crippen molar-refractivity contribution >= 4 is 23.9 Å². The Bertz CT molecular complexity index is 844. The second kappa shape index (κ2) is 9.03. The SMILES string of the molecule is CCOC(=O)C(C=NNC(=O)c1ccccc1O)=C(O)c1ccccc1. The quantitative estimate of drug-likeness (QED) is 0.243. The molecule has 0 fully saturated rings. The van der Waals surface area contributed by atoms with Gasteiger partial charge < -0.3 is 14.9 Å². The van der Waals surface area contributed by atoms with Crippen molar-refractivity contribution in [2.24, 2.45) is 5.10 Å².